The van der Waals surface area contributed by atoms with E-state index in [4.69, 9.17) is 4.74 Å². The molecule has 1 fully saturated rings. The minimum Gasteiger partial charge on any atom is -0.497 e. The van der Waals surface area contributed by atoms with Crippen LogP contribution in [0.2, 0.25) is 0 Å². The van der Waals surface area contributed by atoms with E-state index in [9.17, 15) is 9.18 Å². The van der Waals surface area contributed by atoms with Gasteiger partial charge in [0.2, 0.25) is 0 Å². The third kappa shape index (κ3) is 5.45. The van der Waals surface area contributed by atoms with E-state index in [-0.39, 0.29) is 11.5 Å². The molecule has 0 radical (unpaired) electrons. The lowest BCUT2D eigenvalue weighted by molar-refractivity contribution is 0.0948. The fraction of sp³-hybridized carbons (Fsp3) is 0.409. The van der Waals surface area contributed by atoms with Gasteiger partial charge in [-0.25, -0.2) is 4.39 Å². The third-order valence-electron chi connectivity index (χ3n) is 5.10. The zero-order chi connectivity index (χ0) is 19.8. The molecule has 1 aliphatic rings. The Morgan fingerprint density at radius 3 is 2.50 bits per heavy atom. The van der Waals surface area contributed by atoms with Crippen LogP contribution in [0.4, 0.5) is 10.1 Å². The second kappa shape index (κ2) is 10.1. The molecule has 2 aromatic carbocycles. The number of hydrogen-bond acceptors (Lipinski definition) is 4. The number of methoxy groups -OCH3 is 1. The molecule has 1 N–H and O–H groups in total. The maximum Gasteiger partial charge on any atom is 0.254 e. The van der Waals surface area contributed by atoms with Crippen molar-refractivity contribution in [1.82, 2.24) is 10.2 Å². The van der Waals surface area contributed by atoms with E-state index in [1.807, 2.05) is 6.07 Å². The molecule has 2 aromatic rings. The molecule has 0 spiro atoms. The lowest BCUT2D eigenvalue weighted by Gasteiger charge is -2.36. The molecule has 1 amide bonds. The summed E-state index contributed by atoms with van der Waals surface area (Å²) in [5, 5.41) is 2.80. The molecule has 0 aliphatic carbocycles. The molecule has 0 unspecified atom stereocenters. The first-order valence-electron chi connectivity index (χ1n) is 9.81. The van der Waals surface area contributed by atoms with E-state index in [2.05, 4.69) is 39.4 Å². The summed E-state index contributed by atoms with van der Waals surface area (Å²) in [5.41, 5.74) is 1.34. The Balaban J connectivity index is 1.32. The largest absolute Gasteiger partial charge is 0.497 e. The number of halogens is 1. The third-order valence-corrected chi connectivity index (χ3v) is 5.10. The number of ether oxygens (including phenoxy) is 1. The van der Waals surface area contributed by atoms with Gasteiger partial charge in [0.15, 0.2) is 0 Å². The summed E-state index contributed by atoms with van der Waals surface area (Å²) in [5.74, 6) is -0.536. The molecule has 1 aliphatic heterocycles. The zero-order valence-corrected chi connectivity index (χ0v) is 16.4. The monoisotopic (exact) mass is 385 g/mol. The van der Waals surface area contributed by atoms with Crippen molar-refractivity contribution in [2.75, 3.05) is 51.3 Å². The normalized spacial score (nSPS) is 14.7. The highest BCUT2D eigenvalue weighted by Crippen LogP contribution is 2.17. The Morgan fingerprint density at radius 1 is 1.07 bits per heavy atom. The second-order valence-corrected chi connectivity index (χ2v) is 6.97. The average Bonchev–Trinajstić information content (AvgIpc) is 2.74. The van der Waals surface area contributed by atoms with Crippen LogP contribution in [0.15, 0.2) is 48.5 Å². The van der Waals surface area contributed by atoms with E-state index < -0.39 is 5.82 Å². The van der Waals surface area contributed by atoms with Crippen LogP contribution in [0.3, 0.4) is 0 Å². The minimum absolute atomic E-state index is 0.0535. The van der Waals surface area contributed by atoms with Gasteiger partial charge in [0, 0.05) is 44.5 Å². The number of amides is 1. The van der Waals surface area contributed by atoms with E-state index in [0.717, 1.165) is 45.6 Å². The first-order chi connectivity index (χ1) is 13.7. The number of unbranched alkanes of at least 4 members (excludes halogenated alkanes) is 1. The lowest BCUT2D eigenvalue weighted by atomic mass is 10.2. The molecule has 1 heterocycles. The number of benzene rings is 2. The van der Waals surface area contributed by atoms with Gasteiger partial charge in [0.05, 0.1) is 12.7 Å². The number of anilines is 1. The van der Waals surface area contributed by atoms with Crippen molar-refractivity contribution in [3.05, 3.63) is 59.9 Å². The lowest BCUT2D eigenvalue weighted by Crippen LogP contribution is -2.46. The van der Waals surface area contributed by atoms with Crippen molar-refractivity contribution in [3.8, 4) is 5.75 Å². The summed E-state index contributed by atoms with van der Waals surface area (Å²) in [6.45, 7) is 5.76. The molecule has 6 heteroatoms. The molecule has 5 nitrogen and oxygen atoms in total. The maximum absolute atomic E-state index is 13.9. The topological polar surface area (TPSA) is 44.8 Å². The first-order valence-corrected chi connectivity index (χ1v) is 9.81. The van der Waals surface area contributed by atoms with Crippen molar-refractivity contribution < 1.29 is 13.9 Å². The Hall–Kier alpha value is -2.60. The summed E-state index contributed by atoms with van der Waals surface area (Å²) in [6.07, 6.45) is 1.89. The van der Waals surface area contributed by atoms with Gasteiger partial charge in [-0.2, -0.15) is 0 Å². The van der Waals surface area contributed by atoms with Crippen molar-refractivity contribution in [2.24, 2.45) is 0 Å². The van der Waals surface area contributed by atoms with Crippen LogP contribution in [-0.4, -0.2) is 57.2 Å². The zero-order valence-electron chi connectivity index (χ0n) is 16.4. The van der Waals surface area contributed by atoms with Gasteiger partial charge in [-0.1, -0.05) is 18.2 Å². The van der Waals surface area contributed by atoms with Crippen LogP contribution in [0.25, 0.3) is 0 Å². The maximum atomic E-state index is 13.9. The smallest absolute Gasteiger partial charge is 0.254 e. The Kier molecular flexibility index (Phi) is 7.25. The molecular weight excluding hydrogens is 357 g/mol. The molecule has 0 atom stereocenters. The predicted octanol–water partition coefficient (Wildman–Crippen LogP) is 3.17. The summed E-state index contributed by atoms with van der Waals surface area (Å²) in [4.78, 5) is 17.0. The fourth-order valence-electron chi connectivity index (χ4n) is 3.43. The average molecular weight is 385 g/mol. The minimum atomic E-state index is -0.562. The number of hydrogen-bond donors (Lipinski definition) is 1. The van der Waals surface area contributed by atoms with Gasteiger partial charge in [-0.05, 0) is 43.7 Å². The highest BCUT2D eigenvalue weighted by molar-refractivity contribution is 5.94. The van der Waals surface area contributed by atoms with Crippen molar-refractivity contribution >= 4 is 11.6 Å². The quantitative estimate of drug-likeness (QED) is 0.709. The van der Waals surface area contributed by atoms with Gasteiger partial charge in [0.1, 0.15) is 11.6 Å². The Morgan fingerprint density at radius 2 is 1.82 bits per heavy atom. The molecule has 0 saturated carbocycles. The first kappa shape index (κ1) is 20.1. The Labute approximate surface area is 166 Å². The Bertz CT molecular complexity index is 762. The van der Waals surface area contributed by atoms with E-state index >= 15 is 0 Å². The van der Waals surface area contributed by atoms with Gasteiger partial charge in [0.25, 0.3) is 5.91 Å². The van der Waals surface area contributed by atoms with Crippen LogP contribution >= 0.6 is 0 Å². The number of nitrogens with zero attached hydrogens (tertiary/aromatic N) is 2. The van der Waals surface area contributed by atoms with Crippen molar-refractivity contribution in [1.29, 1.82) is 0 Å². The van der Waals surface area contributed by atoms with Crippen LogP contribution in [-0.2, 0) is 0 Å². The standard InChI is InChI=1S/C22H28FN3O2/c1-28-19-9-10-20(21(23)17-19)22(27)24-11-5-6-12-25-13-15-26(16-14-25)18-7-3-2-4-8-18/h2-4,7-10,17H,5-6,11-16H2,1H3,(H,24,27). The predicted molar refractivity (Wildman–Crippen MR) is 110 cm³/mol. The van der Waals surface area contributed by atoms with Gasteiger partial charge in [-0.3, -0.25) is 9.69 Å². The number of rotatable bonds is 8. The highest BCUT2D eigenvalue weighted by Gasteiger charge is 2.16. The number of carbonyl (C=O) groups is 1. The van der Waals surface area contributed by atoms with Crippen LogP contribution in [0.1, 0.15) is 23.2 Å². The molecule has 3 rings (SSSR count). The highest BCUT2D eigenvalue weighted by atomic mass is 19.1. The number of nitrogens with one attached hydrogen (secondary N) is 1. The van der Waals surface area contributed by atoms with E-state index in [0.29, 0.717) is 12.3 Å². The summed E-state index contributed by atoms with van der Waals surface area (Å²) in [6, 6.07) is 14.8. The van der Waals surface area contributed by atoms with Gasteiger partial charge < -0.3 is 15.0 Å². The van der Waals surface area contributed by atoms with Gasteiger partial charge in [-0.15, -0.1) is 0 Å². The number of para-hydroxylation sites is 1. The van der Waals surface area contributed by atoms with Crippen molar-refractivity contribution in [2.45, 2.75) is 12.8 Å². The molecule has 1 saturated heterocycles. The molecule has 28 heavy (non-hydrogen) atoms. The molecule has 0 aromatic heterocycles. The van der Waals surface area contributed by atoms with Crippen LogP contribution in [0.5, 0.6) is 5.75 Å². The van der Waals surface area contributed by atoms with Crippen molar-refractivity contribution in [3.63, 3.8) is 0 Å². The second-order valence-electron chi connectivity index (χ2n) is 6.97. The van der Waals surface area contributed by atoms with Crippen LogP contribution in [0, 0.1) is 5.82 Å². The van der Waals surface area contributed by atoms with E-state index in [1.165, 1.54) is 24.9 Å². The van der Waals surface area contributed by atoms with Gasteiger partial charge >= 0.3 is 0 Å². The number of piperazine rings is 1. The molecule has 150 valence electrons. The fourth-order valence-corrected chi connectivity index (χ4v) is 3.43. The molecular formula is C22H28FN3O2. The summed E-state index contributed by atoms with van der Waals surface area (Å²) in [7, 11) is 1.47. The number of carbonyl (C=O) groups excluding carboxylic acids is 1. The molecule has 0 bridgehead atoms. The van der Waals surface area contributed by atoms with Crippen LogP contribution < -0.4 is 15.0 Å². The summed E-state index contributed by atoms with van der Waals surface area (Å²) < 4.78 is 18.9. The SMILES string of the molecule is COc1ccc(C(=O)NCCCCN2CCN(c3ccccc3)CC2)c(F)c1. The summed E-state index contributed by atoms with van der Waals surface area (Å²) >= 11 is 0. The van der Waals surface area contributed by atoms with E-state index in [1.54, 1.807) is 6.07 Å².